The first-order valence-corrected chi connectivity index (χ1v) is 8.10. The molecule has 18 heavy (non-hydrogen) atoms. The van der Waals surface area contributed by atoms with Gasteiger partial charge in [-0.25, -0.2) is 0 Å². The lowest BCUT2D eigenvalue weighted by Gasteiger charge is -1.93. The van der Waals surface area contributed by atoms with Gasteiger partial charge in [-0.15, -0.1) is 22.7 Å². The van der Waals surface area contributed by atoms with Gasteiger partial charge in [0.15, 0.2) is 0 Å². The molecule has 0 N–H and O–H groups in total. The van der Waals surface area contributed by atoms with Gasteiger partial charge in [-0.3, -0.25) is 0 Å². The van der Waals surface area contributed by atoms with Crippen LogP contribution in [-0.2, 0) is 0 Å². The quantitative estimate of drug-likeness (QED) is 0.493. The number of hydrogen-bond donors (Lipinski definition) is 0. The molecule has 0 nitrogen and oxygen atoms in total. The third kappa shape index (κ3) is 4.09. The molecule has 0 atom stereocenters. The number of hydrogen-bond acceptors (Lipinski definition) is 2. The van der Waals surface area contributed by atoms with Crippen molar-refractivity contribution in [1.82, 2.24) is 0 Å². The van der Waals surface area contributed by atoms with Gasteiger partial charge in [0.1, 0.15) is 0 Å². The maximum absolute atomic E-state index is 3.34. The fourth-order valence-corrected chi connectivity index (χ4v) is 3.53. The summed E-state index contributed by atoms with van der Waals surface area (Å²) in [7, 11) is 0. The summed E-state index contributed by atoms with van der Waals surface area (Å²) in [5, 5.41) is 4.18. The lowest BCUT2D eigenvalue weighted by molar-refractivity contribution is 1.62. The van der Waals surface area contributed by atoms with Crippen LogP contribution in [0, 0.1) is 6.92 Å². The van der Waals surface area contributed by atoms with Crippen LogP contribution in [0.1, 0.15) is 4.88 Å². The summed E-state index contributed by atoms with van der Waals surface area (Å²) in [6, 6.07) is 16.7. The Kier molecular flexibility index (Phi) is 5.17. The van der Waals surface area contributed by atoms with E-state index in [1.165, 1.54) is 19.8 Å². The Morgan fingerprint density at radius 2 is 1.72 bits per heavy atom. The van der Waals surface area contributed by atoms with Crippen molar-refractivity contribution in [3.05, 3.63) is 68.6 Å². The first-order chi connectivity index (χ1) is 8.75. The summed E-state index contributed by atoms with van der Waals surface area (Å²) in [5.41, 5.74) is 1.31. The highest BCUT2D eigenvalue weighted by Gasteiger charge is 1.94. The van der Waals surface area contributed by atoms with Crippen molar-refractivity contribution in [3.63, 3.8) is 0 Å². The highest BCUT2D eigenvalue weighted by Crippen LogP contribution is 2.23. The van der Waals surface area contributed by atoms with E-state index >= 15 is 0 Å². The molecule has 1 aromatic carbocycles. The molecule has 0 aliphatic rings. The summed E-state index contributed by atoms with van der Waals surface area (Å²) in [5.74, 6) is 0. The zero-order valence-electron chi connectivity index (χ0n) is 9.97. The molecule has 0 saturated heterocycles. The number of aryl methyl sites for hydroxylation is 1. The Morgan fingerprint density at radius 1 is 0.944 bits per heavy atom. The molecule has 92 valence electrons. The van der Waals surface area contributed by atoms with Gasteiger partial charge in [-0.1, -0.05) is 36.4 Å². The van der Waals surface area contributed by atoms with Crippen LogP contribution in [0.4, 0.5) is 0 Å². The van der Waals surface area contributed by atoms with Crippen molar-refractivity contribution in [2.45, 2.75) is 6.92 Å². The van der Waals surface area contributed by atoms with Gasteiger partial charge in [-0.05, 0) is 45.9 Å². The third-order valence-electron chi connectivity index (χ3n) is 2.28. The Labute approximate surface area is 124 Å². The molecular weight excluding hydrogens is 324 g/mol. The normalized spacial score (nSPS) is 9.67. The first-order valence-electron chi connectivity index (χ1n) is 5.55. The van der Waals surface area contributed by atoms with Crippen LogP contribution in [0.15, 0.2) is 63.8 Å². The molecule has 0 saturated carbocycles. The molecular formula is C15H13BrS2. The molecule has 0 spiro atoms. The van der Waals surface area contributed by atoms with Gasteiger partial charge in [0.2, 0.25) is 0 Å². The van der Waals surface area contributed by atoms with Crippen molar-refractivity contribution >= 4 is 38.6 Å². The topological polar surface area (TPSA) is 0 Å². The number of halogens is 1. The SMILES string of the molecule is Cc1cc(Br)cs1.c1ccc(-c2cccs2)cc1. The minimum Gasteiger partial charge on any atom is -0.148 e. The van der Waals surface area contributed by atoms with E-state index in [2.05, 4.69) is 76.1 Å². The van der Waals surface area contributed by atoms with Crippen LogP contribution in [-0.4, -0.2) is 0 Å². The number of benzene rings is 1. The van der Waals surface area contributed by atoms with E-state index in [1.807, 2.05) is 6.07 Å². The smallest absolute Gasteiger partial charge is 0.0342 e. The molecule has 0 aliphatic heterocycles. The zero-order chi connectivity index (χ0) is 12.8. The minimum atomic E-state index is 1.19. The van der Waals surface area contributed by atoms with E-state index in [9.17, 15) is 0 Å². The fourth-order valence-electron chi connectivity index (χ4n) is 1.46. The summed E-state index contributed by atoms with van der Waals surface area (Å²) in [6.45, 7) is 2.09. The van der Waals surface area contributed by atoms with Crippen molar-refractivity contribution in [3.8, 4) is 10.4 Å². The second-order valence-electron chi connectivity index (χ2n) is 3.72. The molecule has 0 unspecified atom stereocenters. The van der Waals surface area contributed by atoms with E-state index in [4.69, 9.17) is 0 Å². The number of thiophene rings is 2. The fraction of sp³-hybridized carbons (Fsp3) is 0.0667. The van der Waals surface area contributed by atoms with Crippen LogP contribution in [0.5, 0.6) is 0 Å². The van der Waals surface area contributed by atoms with Gasteiger partial charge in [0, 0.05) is 19.6 Å². The summed E-state index contributed by atoms with van der Waals surface area (Å²) in [6.07, 6.45) is 0. The molecule has 0 aliphatic carbocycles. The van der Waals surface area contributed by atoms with E-state index < -0.39 is 0 Å². The molecule has 2 heterocycles. The van der Waals surface area contributed by atoms with Crippen LogP contribution in [0.2, 0.25) is 0 Å². The monoisotopic (exact) mass is 336 g/mol. The van der Waals surface area contributed by atoms with Gasteiger partial charge in [0.05, 0.1) is 0 Å². The lowest BCUT2D eigenvalue weighted by atomic mass is 10.2. The Morgan fingerprint density at radius 3 is 2.17 bits per heavy atom. The Hall–Kier alpha value is -0.900. The molecule has 3 aromatic rings. The molecule has 3 rings (SSSR count). The van der Waals surface area contributed by atoms with E-state index in [-0.39, 0.29) is 0 Å². The molecule has 0 bridgehead atoms. The van der Waals surface area contributed by atoms with Gasteiger partial charge >= 0.3 is 0 Å². The average molecular weight is 337 g/mol. The van der Waals surface area contributed by atoms with Gasteiger partial charge in [-0.2, -0.15) is 0 Å². The lowest BCUT2D eigenvalue weighted by Crippen LogP contribution is -1.67. The van der Waals surface area contributed by atoms with Crippen molar-refractivity contribution in [2.24, 2.45) is 0 Å². The average Bonchev–Trinajstić information content (AvgIpc) is 3.03. The number of rotatable bonds is 1. The second kappa shape index (κ2) is 6.88. The third-order valence-corrected chi connectivity index (χ3v) is 4.82. The summed E-state index contributed by atoms with van der Waals surface area (Å²) < 4.78 is 1.19. The highest BCUT2D eigenvalue weighted by atomic mass is 79.9. The van der Waals surface area contributed by atoms with Crippen LogP contribution < -0.4 is 0 Å². The summed E-state index contributed by atoms with van der Waals surface area (Å²) in [4.78, 5) is 2.69. The van der Waals surface area contributed by atoms with E-state index in [0.717, 1.165) is 0 Å². The largest absolute Gasteiger partial charge is 0.148 e. The minimum absolute atomic E-state index is 1.19. The van der Waals surface area contributed by atoms with Crippen molar-refractivity contribution in [1.29, 1.82) is 0 Å². The van der Waals surface area contributed by atoms with Crippen LogP contribution >= 0.6 is 38.6 Å². The highest BCUT2D eigenvalue weighted by molar-refractivity contribution is 9.10. The standard InChI is InChI=1S/C10H8S.C5H5BrS/c1-2-5-9(6-3-1)10-7-4-8-11-10;1-4-2-5(6)3-7-4/h1-8H;2-3H,1H3. The Balaban J connectivity index is 0.000000149. The molecule has 0 fully saturated rings. The van der Waals surface area contributed by atoms with E-state index in [1.54, 1.807) is 22.7 Å². The Bertz CT molecular complexity index is 551. The maximum atomic E-state index is 3.34. The van der Waals surface area contributed by atoms with Gasteiger partial charge in [0.25, 0.3) is 0 Å². The van der Waals surface area contributed by atoms with Crippen LogP contribution in [0.3, 0.4) is 0 Å². The second-order valence-corrected chi connectivity index (χ2v) is 6.70. The molecule has 0 amide bonds. The summed E-state index contributed by atoms with van der Waals surface area (Å²) >= 11 is 6.88. The molecule has 0 radical (unpaired) electrons. The predicted molar refractivity (Wildman–Crippen MR) is 86.5 cm³/mol. The van der Waals surface area contributed by atoms with E-state index in [0.29, 0.717) is 0 Å². The molecule has 3 heteroatoms. The van der Waals surface area contributed by atoms with Crippen molar-refractivity contribution in [2.75, 3.05) is 0 Å². The zero-order valence-corrected chi connectivity index (χ0v) is 13.2. The van der Waals surface area contributed by atoms with Gasteiger partial charge < -0.3 is 0 Å². The van der Waals surface area contributed by atoms with Crippen molar-refractivity contribution < 1.29 is 0 Å². The predicted octanol–water partition coefficient (Wildman–Crippen LogP) is 6.23. The molecule has 2 aromatic heterocycles. The van der Waals surface area contributed by atoms with Crippen LogP contribution in [0.25, 0.3) is 10.4 Å². The maximum Gasteiger partial charge on any atom is 0.0342 e. The first kappa shape index (κ1) is 13.5.